The molecule has 12 heavy (non-hydrogen) atoms. The Labute approximate surface area is 69.2 Å². The first kappa shape index (κ1) is 11.2. The number of allylic oxidation sites excluding steroid dienone is 1. The largest absolute Gasteiger partial charge is 0.333 e. The van der Waals surface area contributed by atoms with Crippen molar-refractivity contribution in [2.45, 2.75) is 6.92 Å². The van der Waals surface area contributed by atoms with E-state index in [1.54, 1.807) is 0 Å². The summed E-state index contributed by atoms with van der Waals surface area (Å²) in [4.78, 5) is 38.1. The third-order valence-electron chi connectivity index (χ3n) is 0.990. The van der Waals surface area contributed by atoms with Crippen LogP contribution < -0.4 is 0 Å². The summed E-state index contributed by atoms with van der Waals surface area (Å²) in [5.74, 6) is -2.03. The second-order valence-corrected chi connectivity index (χ2v) is 4.00. The molecule has 0 aliphatic rings. The van der Waals surface area contributed by atoms with Gasteiger partial charge in [0.2, 0.25) is 11.6 Å². The van der Waals surface area contributed by atoms with Gasteiger partial charge in [0.1, 0.15) is 6.16 Å². The molecular weight excluding hydrogens is 183 g/mol. The quantitative estimate of drug-likeness (QED) is 0.368. The highest BCUT2D eigenvalue weighted by Crippen LogP contribution is 2.33. The summed E-state index contributed by atoms with van der Waals surface area (Å²) >= 11 is 0. The zero-order valence-electron chi connectivity index (χ0n) is 6.48. The van der Waals surface area contributed by atoms with Crippen molar-refractivity contribution in [2.75, 3.05) is 6.16 Å². The third-order valence-corrected chi connectivity index (χ3v) is 1.69. The van der Waals surface area contributed by atoms with Gasteiger partial charge in [-0.25, -0.2) is 0 Å². The lowest BCUT2D eigenvalue weighted by Gasteiger charge is -2.00. The Morgan fingerprint density at radius 1 is 1.42 bits per heavy atom. The molecule has 0 spiro atoms. The van der Waals surface area contributed by atoms with Crippen LogP contribution in [0, 0.1) is 0 Å². The van der Waals surface area contributed by atoms with Gasteiger partial charge in [0, 0.05) is 0 Å². The van der Waals surface area contributed by atoms with Crippen molar-refractivity contribution in [3.05, 3.63) is 12.2 Å². The zero-order valence-corrected chi connectivity index (χ0v) is 7.38. The average Bonchev–Trinajstić information content (AvgIpc) is 1.82. The molecule has 0 aliphatic heterocycles. The van der Waals surface area contributed by atoms with Crippen LogP contribution >= 0.6 is 7.60 Å². The lowest BCUT2D eigenvalue weighted by molar-refractivity contribution is -0.132. The highest BCUT2D eigenvalue weighted by atomic mass is 31.2. The Morgan fingerprint density at radius 2 is 1.83 bits per heavy atom. The van der Waals surface area contributed by atoms with E-state index in [1.807, 2.05) is 0 Å². The Bertz CT molecular complexity index is 274. The van der Waals surface area contributed by atoms with Crippen LogP contribution in [0.15, 0.2) is 12.2 Å². The second kappa shape index (κ2) is 3.76. The molecule has 0 atom stereocenters. The topological polar surface area (TPSA) is 91.7 Å². The Balaban J connectivity index is 4.35. The van der Waals surface area contributed by atoms with E-state index in [0.717, 1.165) is 0 Å². The molecular formula is C6H9O5P. The zero-order chi connectivity index (χ0) is 9.94. The molecule has 5 nitrogen and oxygen atoms in total. The summed E-state index contributed by atoms with van der Waals surface area (Å²) in [6.45, 7) is 4.49. The predicted octanol–water partition coefficient (Wildman–Crippen LogP) is -0.122. The van der Waals surface area contributed by atoms with Crippen molar-refractivity contribution in [2.24, 2.45) is 0 Å². The first-order valence-corrected chi connectivity index (χ1v) is 4.81. The van der Waals surface area contributed by atoms with Gasteiger partial charge in [-0.05, 0) is 12.5 Å². The first-order valence-electron chi connectivity index (χ1n) is 3.01. The van der Waals surface area contributed by atoms with Crippen molar-refractivity contribution in [3.63, 3.8) is 0 Å². The minimum atomic E-state index is -4.43. The molecule has 0 saturated heterocycles. The summed E-state index contributed by atoms with van der Waals surface area (Å²) in [5.41, 5.74) is -0.0200. The maximum absolute atomic E-state index is 10.7. The normalized spacial score (nSPS) is 10.9. The van der Waals surface area contributed by atoms with E-state index >= 15 is 0 Å². The highest BCUT2D eigenvalue weighted by Gasteiger charge is 2.24. The molecule has 0 saturated carbocycles. The maximum Gasteiger partial charge on any atom is 0.333 e. The lowest BCUT2D eigenvalue weighted by atomic mass is 10.2. The molecule has 0 radical (unpaired) electrons. The van der Waals surface area contributed by atoms with Gasteiger partial charge in [-0.15, -0.1) is 0 Å². The number of hydrogen-bond donors (Lipinski definition) is 2. The van der Waals surface area contributed by atoms with Gasteiger partial charge in [-0.1, -0.05) is 6.58 Å². The molecule has 0 amide bonds. The van der Waals surface area contributed by atoms with Crippen LogP contribution in [-0.2, 0) is 14.2 Å². The van der Waals surface area contributed by atoms with Gasteiger partial charge >= 0.3 is 7.60 Å². The summed E-state index contributed by atoms with van der Waals surface area (Å²) in [6.07, 6.45) is -1.04. The summed E-state index contributed by atoms with van der Waals surface area (Å²) < 4.78 is 10.3. The van der Waals surface area contributed by atoms with Crippen molar-refractivity contribution >= 4 is 19.2 Å². The molecule has 0 aromatic rings. The molecule has 0 aliphatic carbocycles. The van der Waals surface area contributed by atoms with Crippen LogP contribution in [0.25, 0.3) is 0 Å². The minimum Gasteiger partial charge on any atom is -0.324 e. The average molecular weight is 192 g/mol. The van der Waals surface area contributed by atoms with Gasteiger partial charge in [0.25, 0.3) is 0 Å². The molecule has 0 unspecified atom stereocenters. The fourth-order valence-electron chi connectivity index (χ4n) is 0.497. The van der Waals surface area contributed by atoms with Crippen molar-refractivity contribution in [1.29, 1.82) is 0 Å². The SMILES string of the molecule is C=C(C)C(=O)C(=O)CP(=O)(O)O. The number of ketones is 2. The van der Waals surface area contributed by atoms with Gasteiger partial charge in [-0.2, -0.15) is 0 Å². The summed E-state index contributed by atoms with van der Waals surface area (Å²) in [5, 5.41) is 0. The molecule has 0 bridgehead atoms. The van der Waals surface area contributed by atoms with Gasteiger partial charge in [0.15, 0.2) is 0 Å². The molecule has 0 aromatic heterocycles. The smallest absolute Gasteiger partial charge is 0.324 e. The Morgan fingerprint density at radius 3 is 2.08 bits per heavy atom. The van der Waals surface area contributed by atoms with E-state index in [1.165, 1.54) is 6.92 Å². The molecule has 0 heterocycles. The summed E-state index contributed by atoms with van der Waals surface area (Å²) in [7, 11) is -4.43. The van der Waals surface area contributed by atoms with Crippen LogP contribution in [0.3, 0.4) is 0 Å². The molecule has 0 fully saturated rings. The van der Waals surface area contributed by atoms with Crippen LogP contribution in [0.1, 0.15) is 6.92 Å². The number of Topliss-reactive ketones (excluding diaryl/α,β-unsaturated/α-hetero) is 2. The minimum absolute atomic E-state index is 0.0200. The van der Waals surface area contributed by atoms with E-state index < -0.39 is 25.3 Å². The van der Waals surface area contributed by atoms with Gasteiger partial charge < -0.3 is 9.79 Å². The lowest BCUT2D eigenvalue weighted by Crippen LogP contribution is -2.18. The number of rotatable bonds is 4. The van der Waals surface area contributed by atoms with Gasteiger partial charge in [-0.3, -0.25) is 14.2 Å². The van der Waals surface area contributed by atoms with E-state index in [9.17, 15) is 14.2 Å². The van der Waals surface area contributed by atoms with E-state index in [0.29, 0.717) is 0 Å². The standard InChI is InChI=1S/C6H9O5P/c1-4(2)6(8)5(7)3-12(9,10)11/h1,3H2,2H3,(H2,9,10,11). The monoisotopic (exact) mass is 192 g/mol. The summed E-state index contributed by atoms with van der Waals surface area (Å²) in [6, 6.07) is 0. The number of carbonyl (C=O) groups excluding carboxylic acids is 2. The maximum atomic E-state index is 10.7. The van der Waals surface area contributed by atoms with Crippen LogP contribution in [0.5, 0.6) is 0 Å². The Kier molecular flexibility index (Phi) is 3.52. The fourth-order valence-corrected chi connectivity index (χ4v) is 1.01. The fraction of sp³-hybridized carbons (Fsp3) is 0.333. The molecule has 0 rings (SSSR count). The molecule has 2 N–H and O–H groups in total. The molecule has 0 aromatic carbocycles. The van der Waals surface area contributed by atoms with Crippen LogP contribution in [0.4, 0.5) is 0 Å². The van der Waals surface area contributed by atoms with Crippen molar-refractivity contribution in [1.82, 2.24) is 0 Å². The van der Waals surface area contributed by atoms with Gasteiger partial charge in [0.05, 0.1) is 0 Å². The third kappa shape index (κ3) is 4.18. The number of carbonyl (C=O) groups is 2. The Hall–Kier alpha value is -0.770. The van der Waals surface area contributed by atoms with Crippen molar-refractivity contribution < 1.29 is 23.9 Å². The van der Waals surface area contributed by atoms with E-state index in [-0.39, 0.29) is 5.57 Å². The molecule has 6 heteroatoms. The molecule has 68 valence electrons. The van der Waals surface area contributed by atoms with Crippen LogP contribution in [0.2, 0.25) is 0 Å². The highest BCUT2D eigenvalue weighted by molar-refractivity contribution is 7.53. The predicted molar refractivity (Wildman–Crippen MR) is 41.7 cm³/mol. The first-order chi connectivity index (χ1) is 5.24. The van der Waals surface area contributed by atoms with E-state index in [2.05, 4.69) is 6.58 Å². The van der Waals surface area contributed by atoms with Crippen LogP contribution in [-0.4, -0.2) is 27.5 Å². The van der Waals surface area contributed by atoms with Crippen molar-refractivity contribution in [3.8, 4) is 0 Å². The number of hydrogen-bond acceptors (Lipinski definition) is 3. The second-order valence-electron chi connectivity index (χ2n) is 2.36. The van der Waals surface area contributed by atoms with E-state index in [4.69, 9.17) is 9.79 Å².